The second kappa shape index (κ2) is 44.0. The van der Waals surface area contributed by atoms with E-state index in [1.807, 2.05) is 142 Å². The minimum Gasteiger partial charge on any atom is -0.480 e. The number of likely N-dealkylation sites (tertiary alicyclic amines) is 6. The zero-order chi connectivity index (χ0) is 88.7. The van der Waals surface area contributed by atoms with Crippen LogP contribution >= 0.6 is 0 Å². The number of carbonyl (C=O) groups excluding carboxylic acids is 9. The zero-order valence-corrected chi connectivity index (χ0v) is 75.4. The van der Waals surface area contributed by atoms with Crippen LogP contribution in [0.5, 0.6) is 0 Å². The first kappa shape index (κ1) is 105. The number of hydrogen-bond acceptors (Lipinski definition) is 22. The Balaban J connectivity index is 0.000000353. The standard InChI is InChI=1S/C31H41NO7.C30H38N2O6.C16H26N2O6.C12H21NO5.CH4.CH3.Pd/c1-22-16-17-31(21-33,32(22)29(36)39-30(3,4)5)27(34)18-26(23(2)37-19-24-12-8-6-9-13-24)28(35)38-20-25-14-10-7-11-15-25;1-21-16-17-30(32(21)28(35)38-29(3,4)5)20-31(27(30)34)25(22(2)36-18-23-12-8-6-9-13-23)26(33)37-19-24-14-10-7-11-15-24;1-9-6-7-16(18(9)14(23)24-15(3,4)5)8-17(13(16)22)11(10(2)19)12(20)21;1-8-5-6-12(7-14,9(15)16)13(8)10(17)18-11(2,3)4;;;/h6-15,22-23,26,33H,16-21H2,1-5H3;6-15,21-22,25H,16-20H2,1-5H3;9-11,19H,6-8H2,1-5H3,(H,20,21);8,14H,5-7H2,1-4H3,(H,15,16);1H4;1H3;/q;;;;;-1;/t22?,23-,26+,31?;21?,22-,25+,30?;9?,10-,11+,16?;;;;/m111..../s1. The summed E-state index contributed by atoms with van der Waals surface area (Å²) in [6, 6.07) is 34.7. The first-order chi connectivity index (χ1) is 55.5. The van der Waals surface area contributed by atoms with Crippen LogP contribution < -0.4 is 0 Å². The average molecular weight is 1800 g/mol. The molecule has 8 unspecified atom stereocenters. The third-order valence-electron chi connectivity index (χ3n) is 22.0. The SMILES string of the molecule is C.CC1CCC(CO)(C(=O)C[C@H](C(=O)OCc2ccccc2)[C@@H](C)OCc2ccccc2)N1C(=O)OC(C)(C)C.CC1CCC(CO)(C(=O)O)N1C(=O)OC(C)(C)C.CC1CCC2(CN([C@H](C(=O)O)[C@@H](C)O)C2=O)N1C(=O)OC(C)(C)C.CC1CCC2(CN([C@H](C(=O)OCc3ccccc3)[C@@H](C)OCc3ccccc3)C2=O)N1C(=O)OC(C)(C)C.[CH3-].[Pd]. The van der Waals surface area contributed by atoms with Gasteiger partial charge in [0.1, 0.15) is 52.2 Å². The van der Waals surface area contributed by atoms with E-state index in [9.17, 15) is 78.3 Å². The Morgan fingerprint density at radius 3 is 1.05 bits per heavy atom. The molecular formula is C91H133N6O24Pd-. The van der Waals surface area contributed by atoms with Gasteiger partial charge in [0, 0.05) is 51.0 Å². The molecule has 682 valence electrons. The maximum atomic E-state index is 13.9. The molecule has 5 N–H and O–H groups in total. The smallest absolute Gasteiger partial charge is 0.411 e. The molecule has 31 heteroatoms. The van der Waals surface area contributed by atoms with Gasteiger partial charge in [-0.2, -0.15) is 0 Å². The van der Waals surface area contributed by atoms with Crippen LogP contribution in [0, 0.1) is 13.3 Å². The number of carboxylic acids is 2. The van der Waals surface area contributed by atoms with Crippen molar-refractivity contribution in [3.63, 3.8) is 0 Å². The molecule has 0 aliphatic carbocycles. The number of Topliss-reactive ketones (excluding diaryl/α,β-unsaturated/α-hetero) is 1. The van der Waals surface area contributed by atoms with Gasteiger partial charge in [-0.25, -0.2) is 33.6 Å². The minimum atomic E-state index is -1.55. The molecule has 0 saturated carbocycles. The summed E-state index contributed by atoms with van der Waals surface area (Å²) in [4.78, 5) is 149. The Hall–Kier alpha value is -9.09. The number of carbonyl (C=O) groups is 11. The van der Waals surface area contributed by atoms with Crippen LogP contribution in [0.3, 0.4) is 0 Å². The van der Waals surface area contributed by atoms with Gasteiger partial charge in [0.05, 0.1) is 63.7 Å². The van der Waals surface area contributed by atoms with Crippen molar-refractivity contribution >= 4 is 65.8 Å². The van der Waals surface area contributed by atoms with Gasteiger partial charge in [-0.15, -0.1) is 0 Å². The first-order valence-corrected chi connectivity index (χ1v) is 40.9. The molecule has 122 heavy (non-hydrogen) atoms. The van der Waals surface area contributed by atoms with E-state index < -0.39 is 154 Å². The van der Waals surface area contributed by atoms with E-state index >= 15 is 0 Å². The molecule has 6 amide bonds. The molecule has 4 aromatic rings. The Bertz CT molecular complexity index is 4140. The number of carboxylic acid groups (broad SMARTS) is 2. The summed E-state index contributed by atoms with van der Waals surface area (Å²) in [6.45, 7) is 33.1. The number of β-lactam (4-membered cyclic amide) rings is 2. The number of aliphatic hydroxyl groups excluding tert-OH is 3. The fraction of sp³-hybridized carbons (Fsp3) is 0.604. The molecule has 0 bridgehead atoms. The third kappa shape index (κ3) is 26.0. The van der Waals surface area contributed by atoms with Gasteiger partial charge in [-0.3, -0.25) is 38.8 Å². The van der Waals surface area contributed by atoms with Crippen LogP contribution in [0.1, 0.15) is 219 Å². The molecule has 6 heterocycles. The molecular weight excluding hydrogens is 1670 g/mol. The van der Waals surface area contributed by atoms with E-state index in [1.165, 1.54) is 21.6 Å². The summed E-state index contributed by atoms with van der Waals surface area (Å²) in [5, 5.41) is 48.1. The van der Waals surface area contributed by atoms with E-state index in [4.69, 9.17) is 37.9 Å². The van der Waals surface area contributed by atoms with Crippen molar-refractivity contribution in [1.82, 2.24) is 29.4 Å². The second-order valence-corrected chi connectivity index (χ2v) is 36.0. The zero-order valence-electron chi connectivity index (χ0n) is 73.8. The normalized spacial score (nSPS) is 23.7. The Morgan fingerprint density at radius 2 is 0.730 bits per heavy atom. The summed E-state index contributed by atoms with van der Waals surface area (Å²) >= 11 is 0. The van der Waals surface area contributed by atoms with E-state index in [2.05, 4.69) is 0 Å². The van der Waals surface area contributed by atoms with Gasteiger partial charge in [0.15, 0.2) is 23.4 Å². The summed E-state index contributed by atoms with van der Waals surface area (Å²) < 4.78 is 45.2. The summed E-state index contributed by atoms with van der Waals surface area (Å²) in [5.74, 6) is -5.64. The molecule has 6 saturated heterocycles. The van der Waals surface area contributed by atoms with Crippen molar-refractivity contribution < 1.29 is 137 Å². The predicted molar refractivity (Wildman–Crippen MR) is 450 cm³/mol. The number of aliphatic carboxylic acids is 2. The second-order valence-electron chi connectivity index (χ2n) is 36.0. The molecule has 2 spiro atoms. The van der Waals surface area contributed by atoms with Gasteiger partial charge in [0.2, 0.25) is 0 Å². The number of ketones is 1. The number of aliphatic hydroxyl groups is 3. The van der Waals surface area contributed by atoms with E-state index in [-0.39, 0.29) is 118 Å². The third-order valence-corrected chi connectivity index (χ3v) is 22.0. The molecule has 6 aliphatic rings. The number of benzene rings is 4. The van der Waals surface area contributed by atoms with Crippen molar-refractivity contribution in [2.75, 3.05) is 26.3 Å². The first-order valence-electron chi connectivity index (χ1n) is 40.9. The monoisotopic (exact) mass is 1800 g/mol. The van der Waals surface area contributed by atoms with Crippen molar-refractivity contribution in [1.29, 1.82) is 0 Å². The Labute approximate surface area is 733 Å². The number of hydrogen-bond donors (Lipinski definition) is 5. The number of ether oxygens (including phenoxy) is 8. The van der Waals surface area contributed by atoms with Gasteiger partial charge < -0.3 is 80.7 Å². The number of rotatable bonds is 24. The molecule has 0 radical (unpaired) electrons. The molecule has 30 nitrogen and oxygen atoms in total. The fourth-order valence-corrected chi connectivity index (χ4v) is 15.9. The summed E-state index contributed by atoms with van der Waals surface area (Å²) in [6.07, 6.45) is -1.29. The van der Waals surface area contributed by atoms with E-state index in [1.54, 1.807) is 109 Å². The van der Waals surface area contributed by atoms with E-state index in [0.29, 0.717) is 45.1 Å². The van der Waals surface area contributed by atoms with Crippen molar-refractivity contribution in [3.05, 3.63) is 151 Å². The maximum Gasteiger partial charge on any atom is 0.411 e. The topological polar surface area (TPSA) is 382 Å². The molecule has 6 aliphatic heterocycles. The quantitative estimate of drug-likeness (QED) is 0.0143. The molecule has 14 atom stereocenters. The molecule has 4 aromatic carbocycles. The van der Waals surface area contributed by atoms with Gasteiger partial charge in [-0.1, -0.05) is 129 Å². The van der Waals surface area contributed by atoms with Crippen LogP contribution in [0.2, 0.25) is 0 Å². The number of amides is 6. The van der Waals surface area contributed by atoms with Gasteiger partial charge in [-0.05, 0) is 205 Å². The number of nitrogens with zero attached hydrogens (tertiary/aromatic N) is 6. The van der Waals surface area contributed by atoms with Crippen LogP contribution in [0.25, 0.3) is 0 Å². The Morgan fingerprint density at radius 1 is 0.434 bits per heavy atom. The van der Waals surface area contributed by atoms with Crippen LogP contribution in [-0.2, 0) is 118 Å². The predicted octanol–water partition coefficient (Wildman–Crippen LogP) is 12.9. The van der Waals surface area contributed by atoms with Crippen LogP contribution in [-0.4, -0.2) is 246 Å². The minimum absolute atomic E-state index is 0. The van der Waals surface area contributed by atoms with Crippen molar-refractivity contribution in [2.24, 2.45) is 5.92 Å². The van der Waals surface area contributed by atoms with Gasteiger partial charge in [0.25, 0.3) is 11.8 Å². The largest absolute Gasteiger partial charge is 0.480 e. The van der Waals surface area contributed by atoms with Crippen molar-refractivity contribution in [2.45, 2.75) is 322 Å². The molecule has 0 aromatic heterocycles. The summed E-state index contributed by atoms with van der Waals surface area (Å²) in [5.41, 5.74) is -4.38. The fourth-order valence-electron chi connectivity index (χ4n) is 15.9. The van der Waals surface area contributed by atoms with Crippen LogP contribution in [0.4, 0.5) is 19.2 Å². The molecule has 10 rings (SSSR count). The number of esters is 2. The van der Waals surface area contributed by atoms with Gasteiger partial charge >= 0.3 is 48.3 Å². The summed E-state index contributed by atoms with van der Waals surface area (Å²) in [7, 11) is 0. The maximum absolute atomic E-state index is 13.9. The average Bonchev–Trinajstić information content (AvgIpc) is 1.48. The van der Waals surface area contributed by atoms with Crippen molar-refractivity contribution in [3.8, 4) is 0 Å². The van der Waals surface area contributed by atoms with E-state index in [0.717, 1.165) is 32.1 Å². The Kier molecular flexibility index (Phi) is 37.9. The molecule has 6 fully saturated rings. The van der Waals surface area contributed by atoms with Crippen LogP contribution in [0.15, 0.2) is 121 Å².